The van der Waals surface area contributed by atoms with Crippen LogP contribution in [0.25, 0.3) is 0 Å². The Balaban J connectivity index is 3.71. The maximum atomic E-state index is 11.1. The van der Waals surface area contributed by atoms with E-state index in [2.05, 4.69) is 22.6 Å². The molecule has 0 aromatic heterocycles. The Kier molecular flexibility index (Phi) is 7.01. The van der Waals surface area contributed by atoms with Crippen LogP contribution in [0.15, 0.2) is 0 Å². The zero-order valence-electron chi connectivity index (χ0n) is 7.10. The van der Waals surface area contributed by atoms with Gasteiger partial charge in [-0.3, -0.25) is 4.79 Å². The van der Waals surface area contributed by atoms with Crippen LogP contribution in [0.1, 0.15) is 26.7 Å². The Hall–Kier alpha value is 0.200. The van der Waals surface area contributed by atoms with Gasteiger partial charge in [0.15, 0.2) is 0 Å². The molecule has 0 aromatic rings. The summed E-state index contributed by atoms with van der Waals surface area (Å²) in [6, 6.07) is 0. The van der Waals surface area contributed by atoms with Crippen molar-refractivity contribution in [3.63, 3.8) is 0 Å². The zero-order chi connectivity index (χ0) is 8.69. The molecular weight excluding hydrogens is 255 g/mol. The molecule has 0 radical (unpaired) electrons. The number of rotatable bonds is 5. The van der Waals surface area contributed by atoms with Crippen LogP contribution in [0.4, 0.5) is 0 Å². The summed E-state index contributed by atoms with van der Waals surface area (Å²) in [5.74, 6) is 0.0820. The molecule has 0 spiro atoms. The lowest BCUT2D eigenvalue weighted by atomic mass is 10.0. The Morgan fingerprint density at radius 3 is 2.55 bits per heavy atom. The second-order valence-electron chi connectivity index (χ2n) is 2.33. The third kappa shape index (κ3) is 4.61. The van der Waals surface area contributed by atoms with Crippen molar-refractivity contribution in [2.75, 3.05) is 11.0 Å². The first-order valence-electron chi connectivity index (χ1n) is 3.98. The Bertz CT molecular complexity index is 115. The normalized spacial score (nSPS) is 12.6. The minimum Gasteiger partial charge on any atom is -0.466 e. The van der Waals surface area contributed by atoms with Gasteiger partial charge in [-0.2, -0.15) is 0 Å². The molecule has 0 aliphatic rings. The smallest absolute Gasteiger partial charge is 0.308 e. The molecule has 0 bridgehead atoms. The van der Waals surface area contributed by atoms with Gasteiger partial charge < -0.3 is 4.74 Å². The monoisotopic (exact) mass is 270 g/mol. The molecule has 0 saturated carbocycles. The van der Waals surface area contributed by atoms with E-state index in [0.717, 1.165) is 17.3 Å². The van der Waals surface area contributed by atoms with Crippen LogP contribution < -0.4 is 0 Å². The fourth-order valence-electron chi connectivity index (χ4n) is 0.880. The molecule has 3 heteroatoms. The molecule has 2 nitrogen and oxygen atoms in total. The maximum absolute atomic E-state index is 11.1. The molecule has 0 amide bonds. The third-order valence-electron chi connectivity index (χ3n) is 1.57. The minimum atomic E-state index is -0.0355. The van der Waals surface area contributed by atoms with Gasteiger partial charge in [0.25, 0.3) is 0 Å². The van der Waals surface area contributed by atoms with Crippen LogP contribution in [0.5, 0.6) is 0 Å². The van der Waals surface area contributed by atoms with Crippen molar-refractivity contribution in [3.05, 3.63) is 0 Å². The van der Waals surface area contributed by atoms with Crippen molar-refractivity contribution in [1.29, 1.82) is 0 Å². The second-order valence-corrected chi connectivity index (χ2v) is 3.41. The van der Waals surface area contributed by atoms with E-state index in [1.807, 2.05) is 13.8 Å². The molecule has 0 rings (SSSR count). The van der Waals surface area contributed by atoms with E-state index in [1.165, 1.54) is 0 Å². The molecule has 1 atom stereocenters. The average molecular weight is 270 g/mol. The summed E-state index contributed by atoms with van der Waals surface area (Å²) < 4.78 is 5.93. The number of carbonyl (C=O) groups is 1. The van der Waals surface area contributed by atoms with Crippen LogP contribution in [0, 0.1) is 5.92 Å². The predicted molar refractivity (Wildman–Crippen MR) is 53.9 cm³/mol. The van der Waals surface area contributed by atoms with Gasteiger partial charge in [0, 0.05) is 4.43 Å². The fraction of sp³-hybridized carbons (Fsp3) is 0.875. The SMILES string of the molecule is CCOC(=O)[C@@H](CC)CCI. The number of halogens is 1. The Morgan fingerprint density at radius 1 is 1.55 bits per heavy atom. The Morgan fingerprint density at radius 2 is 2.18 bits per heavy atom. The molecule has 11 heavy (non-hydrogen) atoms. The number of esters is 1. The fourth-order valence-corrected chi connectivity index (χ4v) is 1.63. The third-order valence-corrected chi connectivity index (χ3v) is 2.19. The summed E-state index contributed by atoms with van der Waals surface area (Å²) in [6.07, 6.45) is 1.83. The highest BCUT2D eigenvalue weighted by Crippen LogP contribution is 2.11. The minimum absolute atomic E-state index is 0.0355. The van der Waals surface area contributed by atoms with Crippen LogP contribution in [-0.2, 0) is 9.53 Å². The van der Waals surface area contributed by atoms with Gasteiger partial charge in [0.05, 0.1) is 12.5 Å². The lowest BCUT2D eigenvalue weighted by Crippen LogP contribution is -2.17. The molecular formula is C8H15IO2. The first-order valence-corrected chi connectivity index (χ1v) is 5.51. The number of carbonyl (C=O) groups excluding carboxylic acids is 1. The first kappa shape index (κ1) is 11.2. The largest absolute Gasteiger partial charge is 0.466 e. The summed E-state index contributed by atoms with van der Waals surface area (Å²) in [5.41, 5.74) is 0. The van der Waals surface area contributed by atoms with E-state index in [1.54, 1.807) is 0 Å². The highest BCUT2D eigenvalue weighted by molar-refractivity contribution is 14.1. The van der Waals surface area contributed by atoms with E-state index >= 15 is 0 Å². The van der Waals surface area contributed by atoms with Crippen molar-refractivity contribution >= 4 is 28.6 Å². The van der Waals surface area contributed by atoms with Crippen molar-refractivity contribution < 1.29 is 9.53 Å². The summed E-state index contributed by atoms with van der Waals surface area (Å²) in [6.45, 7) is 4.36. The maximum Gasteiger partial charge on any atom is 0.308 e. The molecule has 0 N–H and O–H groups in total. The number of ether oxygens (including phenoxy) is 1. The lowest BCUT2D eigenvalue weighted by molar-refractivity contribution is -0.148. The van der Waals surface area contributed by atoms with E-state index in [9.17, 15) is 4.79 Å². The van der Waals surface area contributed by atoms with Gasteiger partial charge >= 0.3 is 5.97 Å². The summed E-state index contributed by atoms with van der Waals surface area (Å²) >= 11 is 2.28. The molecule has 0 aromatic carbocycles. The highest BCUT2D eigenvalue weighted by Gasteiger charge is 2.15. The molecule has 0 fully saturated rings. The number of alkyl halides is 1. The van der Waals surface area contributed by atoms with E-state index < -0.39 is 0 Å². The molecule has 66 valence electrons. The number of hydrogen-bond donors (Lipinski definition) is 0. The van der Waals surface area contributed by atoms with E-state index in [4.69, 9.17) is 4.74 Å². The summed E-state index contributed by atoms with van der Waals surface area (Å²) in [7, 11) is 0. The van der Waals surface area contributed by atoms with E-state index in [-0.39, 0.29) is 11.9 Å². The van der Waals surface area contributed by atoms with Gasteiger partial charge in [0.1, 0.15) is 0 Å². The predicted octanol–water partition coefficient (Wildman–Crippen LogP) is 2.40. The average Bonchev–Trinajstić information content (AvgIpc) is 2.00. The Labute approximate surface area is 81.8 Å². The van der Waals surface area contributed by atoms with E-state index in [0.29, 0.717) is 6.61 Å². The molecule has 0 saturated heterocycles. The molecule has 0 aliphatic heterocycles. The quantitative estimate of drug-likeness (QED) is 0.435. The molecule has 0 unspecified atom stereocenters. The van der Waals surface area contributed by atoms with Gasteiger partial charge in [-0.05, 0) is 19.8 Å². The van der Waals surface area contributed by atoms with Gasteiger partial charge in [-0.25, -0.2) is 0 Å². The van der Waals surface area contributed by atoms with Gasteiger partial charge in [-0.15, -0.1) is 0 Å². The number of hydrogen-bond acceptors (Lipinski definition) is 2. The molecule has 0 heterocycles. The van der Waals surface area contributed by atoms with Crippen molar-refractivity contribution in [2.45, 2.75) is 26.7 Å². The first-order chi connectivity index (χ1) is 5.26. The van der Waals surface area contributed by atoms with Crippen molar-refractivity contribution in [3.8, 4) is 0 Å². The van der Waals surface area contributed by atoms with Crippen LogP contribution in [0.2, 0.25) is 0 Å². The van der Waals surface area contributed by atoms with Crippen molar-refractivity contribution in [2.24, 2.45) is 5.92 Å². The summed E-state index contributed by atoms with van der Waals surface area (Å²) in [4.78, 5) is 11.1. The highest BCUT2D eigenvalue weighted by atomic mass is 127. The topological polar surface area (TPSA) is 26.3 Å². The molecule has 0 aliphatic carbocycles. The summed E-state index contributed by atoms with van der Waals surface area (Å²) in [5, 5.41) is 0. The van der Waals surface area contributed by atoms with Crippen molar-refractivity contribution in [1.82, 2.24) is 0 Å². The van der Waals surface area contributed by atoms with Crippen LogP contribution in [-0.4, -0.2) is 17.0 Å². The lowest BCUT2D eigenvalue weighted by Gasteiger charge is -2.10. The van der Waals surface area contributed by atoms with Gasteiger partial charge in [-0.1, -0.05) is 29.5 Å². The standard InChI is InChI=1S/C8H15IO2/c1-3-7(5-6-9)8(10)11-4-2/h7H,3-6H2,1-2H3/t7-/m0/s1. The zero-order valence-corrected chi connectivity index (χ0v) is 9.26. The second kappa shape index (κ2) is 6.88. The van der Waals surface area contributed by atoms with Crippen LogP contribution >= 0.6 is 22.6 Å². The van der Waals surface area contributed by atoms with Gasteiger partial charge in [0.2, 0.25) is 0 Å². The van der Waals surface area contributed by atoms with Crippen LogP contribution in [0.3, 0.4) is 0 Å².